The Bertz CT molecular complexity index is 1180. The van der Waals surface area contributed by atoms with Crippen LogP contribution in [0.4, 0.5) is 0 Å². The van der Waals surface area contributed by atoms with Crippen molar-refractivity contribution in [3.8, 4) is 0 Å². The predicted octanol–water partition coefficient (Wildman–Crippen LogP) is 3.07. The molecule has 0 amide bonds. The number of H-pyrrole nitrogens is 2. The van der Waals surface area contributed by atoms with Crippen molar-refractivity contribution in [1.82, 2.24) is 19.9 Å². The van der Waals surface area contributed by atoms with Gasteiger partial charge in [-0.1, -0.05) is 6.07 Å². The summed E-state index contributed by atoms with van der Waals surface area (Å²) >= 11 is 2.18. The van der Waals surface area contributed by atoms with Gasteiger partial charge in [-0.15, -0.1) is 0 Å². The van der Waals surface area contributed by atoms with Gasteiger partial charge < -0.3 is 9.97 Å². The van der Waals surface area contributed by atoms with Crippen molar-refractivity contribution in [2.24, 2.45) is 0 Å². The van der Waals surface area contributed by atoms with E-state index in [2.05, 4.69) is 42.5 Å². The van der Waals surface area contributed by atoms with Gasteiger partial charge in [0.25, 0.3) is 11.1 Å². The molecule has 25 heavy (non-hydrogen) atoms. The molecule has 0 aromatic carbocycles. The second-order valence-electron chi connectivity index (χ2n) is 5.51. The molecular formula is C18H15IN4O2. The highest BCUT2D eigenvalue weighted by atomic mass is 127. The van der Waals surface area contributed by atoms with Crippen LogP contribution >= 0.6 is 22.6 Å². The summed E-state index contributed by atoms with van der Waals surface area (Å²) < 4.78 is 1.01. The van der Waals surface area contributed by atoms with Crippen molar-refractivity contribution in [2.45, 2.75) is 13.8 Å². The van der Waals surface area contributed by atoms with Gasteiger partial charge in [-0.05, 0) is 60.7 Å². The molecule has 0 aliphatic rings. The van der Waals surface area contributed by atoms with Crippen LogP contribution in [0, 0.1) is 17.4 Å². The van der Waals surface area contributed by atoms with E-state index in [0.29, 0.717) is 11.0 Å². The highest BCUT2D eigenvalue weighted by Crippen LogP contribution is 2.14. The molecule has 126 valence electrons. The van der Waals surface area contributed by atoms with Gasteiger partial charge in [0.1, 0.15) is 11.0 Å². The van der Waals surface area contributed by atoms with E-state index >= 15 is 0 Å². The van der Waals surface area contributed by atoms with E-state index in [9.17, 15) is 9.59 Å². The molecule has 2 N–H and O–H groups in total. The van der Waals surface area contributed by atoms with Crippen molar-refractivity contribution in [2.75, 3.05) is 0 Å². The molecule has 0 spiro atoms. The SMILES string of the molecule is Cc1ccc2c(I)c[nH]c(=O)c2n1.Cc1ccc2cc[nH]c(=O)c2n1. The largest absolute Gasteiger partial charge is 0.327 e. The fraction of sp³-hybridized carbons (Fsp3) is 0.111. The molecule has 4 rings (SSSR count). The van der Waals surface area contributed by atoms with Gasteiger partial charge in [0, 0.05) is 38.1 Å². The van der Waals surface area contributed by atoms with E-state index in [1.165, 1.54) is 0 Å². The maximum absolute atomic E-state index is 11.4. The summed E-state index contributed by atoms with van der Waals surface area (Å²) in [6.07, 6.45) is 3.32. The van der Waals surface area contributed by atoms with E-state index < -0.39 is 0 Å². The summed E-state index contributed by atoms with van der Waals surface area (Å²) in [5.74, 6) is 0. The average molecular weight is 446 g/mol. The summed E-state index contributed by atoms with van der Waals surface area (Å²) in [7, 11) is 0. The van der Waals surface area contributed by atoms with Gasteiger partial charge in [-0.25, -0.2) is 9.97 Å². The number of nitrogens with zero attached hydrogens (tertiary/aromatic N) is 2. The quantitative estimate of drug-likeness (QED) is 0.407. The summed E-state index contributed by atoms with van der Waals surface area (Å²) in [6, 6.07) is 9.45. The zero-order valence-corrected chi connectivity index (χ0v) is 15.8. The smallest absolute Gasteiger partial charge is 0.274 e. The number of aromatic nitrogens is 4. The van der Waals surface area contributed by atoms with Crippen LogP contribution in [-0.4, -0.2) is 19.9 Å². The van der Waals surface area contributed by atoms with E-state index in [0.717, 1.165) is 25.7 Å². The molecule has 0 saturated carbocycles. The second-order valence-corrected chi connectivity index (χ2v) is 6.67. The molecule has 0 bridgehead atoms. The van der Waals surface area contributed by atoms with Crippen molar-refractivity contribution < 1.29 is 0 Å². The van der Waals surface area contributed by atoms with Gasteiger partial charge in [0.05, 0.1) is 0 Å². The minimum atomic E-state index is -0.129. The summed E-state index contributed by atoms with van der Waals surface area (Å²) in [6.45, 7) is 3.74. The number of aromatic amines is 2. The lowest BCUT2D eigenvalue weighted by atomic mass is 10.2. The number of nitrogens with one attached hydrogen (secondary N) is 2. The molecule has 0 atom stereocenters. The Labute approximate surface area is 156 Å². The van der Waals surface area contributed by atoms with E-state index in [4.69, 9.17) is 0 Å². The monoisotopic (exact) mass is 446 g/mol. The standard InChI is InChI=1S/C9H7IN2O.C9H8N2O/c1-5-2-3-6-7(10)4-11-9(13)8(6)12-5;1-6-2-3-7-4-5-10-9(12)8(7)11-6/h2-4H,1H3,(H,11,13);2-5H,1H3,(H,10,12). The molecule has 0 aliphatic heterocycles. The molecule has 4 aromatic heterocycles. The predicted molar refractivity (Wildman–Crippen MR) is 107 cm³/mol. The number of aryl methyl sites for hydroxylation is 2. The first-order chi connectivity index (χ1) is 12.0. The molecule has 6 nitrogen and oxygen atoms in total. The Hall–Kier alpha value is -2.55. The van der Waals surface area contributed by atoms with Crippen LogP contribution in [0.5, 0.6) is 0 Å². The molecule has 0 saturated heterocycles. The lowest BCUT2D eigenvalue weighted by Crippen LogP contribution is -2.08. The van der Waals surface area contributed by atoms with E-state index in [-0.39, 0.29) is 11.1 Å². The van der Waals surface area contributed by atoms with Gasteiger partial charge in [0.15, 0.2) is 0 Å². The van der Waals surface area contributed by atoms with Gasteiger partial charge in [-0.2, -0.15) is 0 Å². The van der Waals surface area contributed by atoms with Crippen molar-refractivity contribution in [3.63, 3.8) is 0 Å². The first-order valence-corrected chi connectivity index (χ1v) is 8.63. The van der Waals surface area contributed by atoms with Crippen LogP contribution < -0.4 is 11.1 Å². The van der Waals surface area contributed by atoms with Gasteiger partial charge >= 0.3 is 0 Å². The molecule has 7 heteroatoms. The number of halogens is 1. The van der Waals surface area contributed by atoms with Crippen molar-refractivity contribution in [1.29, 1.82) is 0 Å². The fourth-order valence-electron chi connectivity index (χ4n) is 2.36. The lowest BCUT2D eigenvalue weighted by molar-refractivity contribution is 1.19. The summed E-state index contributed by atoms with van der Waals surface area (Å²) in [5.41, 5.74) is 2.50. The second kappa shape index (κ2) is 7.14. The Morgan fingerprint density at radius 1 is 0.840 bits per heavy atom. The third-order valence-corrected chi connectivity index (χ3v) is 4.49. The third-order valence-electron chi connectivity index (χ3n) is 3.59. The van der Waals surface area contributed by atoms with E-state index in [1.54, 1.807) is 12.4 Å². The number of fused-ring (bicyclic) bond motifs is 2. The van der Waals surface area contributed by atoms with E-state index in [1.807, 2.05) is 44.2 Å². The molecule has 0 aliphatic carbocycles. The Morgan fingerprint density at radius 2 is 1.48 bits per heavy atom. The maximum atomic E-state index is 11.4. The van der Waals surface area contributed by atoms with Gasteiger partial charge in [0.2, 0.25) is 0 Å². The zero-order chi connectivity index (χ0) is 18.0. The molecular weight excluding hydrogens is 431 g/mol. The number of rotatable bonds is 0. The Balaban J connectivity index is 0.000000146. The number of hydrogen-bond donors (Lipinski definition) is 2. The molecule has 4 aromatic rings. The summed E-state index contributed by atoms with van der Waals surface area (Å²) in [4.78, 5) is 36.1. The topological polar surface area (TPSA) is 91.5 Å². The van der Waals surface area contributed by atoms with Crippen molar-refractivity contribution >= 4 is 44.4 Å². The van der Waals surface area contributed by atoms with Crippen LogP contribution in [0.15, 0.2) is 52.3 Å². The van der Waals surface area contributed by atoms with Crippen molar-refractivity contribution in [3.05, 3.63) is 78.4 Å². The lowest BCUT2D eigenvalue weighted by Gasteiger charge is -1.99. The number of hydrogen-bond acceptors (Lipinski definition) is 4. The van der Waals surface area contributed by atoms with Gasteiger partial charge in [-0.3, -0.25) is 9.59 Å². The number of pyridine rings is 4. The van der Waals surface area contributed by atoms with Crippen LogP contribution in [0.1, 0.15) is 11.4 Å². The zero-order valence-electron chi connectivity index (χ0n) is 13.6. The molecule has 0 radical (unpaired) electrons. The van der Waals surface area contributed by atoms with Crippen LogP contribution in [-0.2, 0) is 0 Å². The highest BCUT2D eigenvalue weighted by Gasteiger charge is 2.03. The average Bonchev–Trinajstić information content (AvgIpc) is 2.60. The minimum Gasteiger partial charge on any atom is -0.327 e. The molecule has 0 unspecified atom stereocenters. The molecule has 0 fully saturated rings. The highest BCUT2D eigenvalue weighted by molar-refractivity contribution is 14.1. The first-order valence-electron chi connectivity index (χ1n) is 7.55. The molecule has 4 heterocycles. The summed E-state index contributed by atoms with van der Waals surface area (Å²) in [5, 5.41) is 1.79. The Kier molecular flexibility index (Phi) is 4.93. The third kappa shape index (κ3) is 3.76. The van der Waals surface area contributed by atoms with Crippen LogP contribution in [0.3, 0.4) is 0 Å². The van der Waals surface area contributed by atoms with Crippen LogP contribution in [0.2, 0.25) is 0 Å². The normalized spacial score (nSPS) is 10.5. The van der Waals surface area contributed by atoms with Crippen LogP contribution in [0.25, 0.3) is 21.8 Å². The maximum Gasteiger partial charge on any atom is 0.274 e. The minimum absolute atomic E-state index is 0.126. The Morgan fingerprint density at radius 3 is 2.24 bits per heavy atom. The first kappa shape index (κ1) is 17.3. The fourth-order valence-corrected chi connectivity index (χ4v) is 2.95.